The molecule has 0 spiro atoms. The fourth-order valence-electron chi connectivity index (χ4n) is 3.51. The summed E-state index contributed by atoms with van der Waals surface area (Å²) in [6.45, 7) is 5.07. The van der Waals surface area contributed by atoms with Crippen LogP contribution in [0.5, 0.6) is 0 Å². The monoisotopic (exact) mass is 392 g/mol. The molecule has 0 saturated carbocycles. The number of hydrogen-bond donors (Lipinski definition) is 2. The highest BCUT2D eigenvalue weighted by Gasteiger charge is 2.23. The van der Waals surface area contributed by atoms with Gasteiger partial charge in [-0.1, -0.05) is 18.2 Å². The Balaban J connectivity index is 1.60. The number of pyridine rings is 1. The Hall–Kier alpha value is -3.19. The molecule has 1 aliphatic heterocycles. The molecule has 1 aliphatic rings. The normalized spacial score (nSPS) is 16.1. The number of ether oxygens (including phenoxy) is 1. The van der Waals surface area contributed by atoms with Crippen LogP contribution in [0.15, 0.2) is 42.6 Å². The Kier molecular flexibility index (Phi) is 5.31. The fraction of sp³-hybridized carbons (Fsp3) is 0.318. The van der Waals surface area contributed by atoms with Crippen LogP contribution < -0.4 is 10.6 Å². The molecule has 2 aromatic heterocycles. The number of hydrogen-bond acceptors (Lipinski definition) is 4. The van der Waals surface area contributed by atoms with Gasteiger partial charge in [-0.05, 0) is 56.0 Å². The lowest BCUT2D eigenvalue weighted by molar-refractivity contribution is 0.0848. The molecule has 1 fully saturated rings. The maximum absolute atomic E-state index is 13.0. The van der Waals surface area contributed by atoms with Gasteiger partial charge in [-0.3, -0.25) is 14.0 Å². The van der Waals surface area contributed by atoms with E-state index in [1.165, 1.54) is 0 Å². The summed E-state index contributed by atoms with van der Waals surface area (Å²) in [5, 5.41) is 5.79. The lowest BCUT2D eigenvalue weighted by atomic mass is 10.1. The van der Waals surface area contributed by atoms with Crippen molar-refractivity contribution in [3.05, 3.63) is 65.2 Å². The minimum atomic E-state index is -0.347. The second-order valence-electron chi connectivity index (χ2n) is 7.36. The molecule has 1 aromatic carbocycles. The molecule has 7 heteroatoms. The number of anilines is 1. The van der Waals surface area contributed by atoms with E-state index in [0.29, 0.717) is 12.1 Å². The summed E-state index contributed by atoms with van der Waals surface area (Å²) in [5.74, 6) is -0.488. The number of aryl methyl sites for hydroxylation is 2. The number of aromatic nitrogens is 2. The van der Waals surface area contributed by atoms with Gasteiger partial charge in [-0.2, -0.15) is 0 Å². The van der Waals surface area contributed by atoms with Gasteiger partial charge in [-0.15, -0.1) is 0 Å². The quantitative estimate of drug-likeness (QED) is 0.699. The zero-order chi connectivity index (χ0) is 20.4. The zero-order valence-corrected chi connectivity index (χ0v) is 16.6. The van der Waals surface area contributed by atoms with Gasteiger partial charge in [0.15, 0.2) is 5.69 Å². The Morgan fingerprint density at radius 2 is 2.07 bits per heavy atom. The predicted molar refractivity (Wildman–Crippen MR) is 110 cm³/mol. The first-order valence-corrected chi connectivity index (χ1v) is 9.78. The summed E-state index contributed by atoms with van der Waals surface area (Å²) in [5.41, 5.74) is 3.54. The van der Waals surface area contributed by atoms with E-state index in [4.69, 9.17) is 4.74 Å². The fourth-order valence-corrected chi connectivity index (χ4v) is 3.51. The highest BCUT2D eigenvalue weighted by atomic mass is 16.5. The topological polar surface area (TPSA) is 84.7 Å². The molecular formula is C22H24N4O3. The molecule has 4 rings (SSSR count). The van der Waals surface area contributed by atoms with E-state index in [2.05, 4.69) is 15.6 Å². The van der Waals surface area contributed by atoms with Crippen molar-refractivity contribution >= 4 is 23.0 Å². The van der Waals surface area contributed by atoms with Gasteiger partial charge in [0, 0.05) is 25.0 Å². The van der Waals surface area contributed by atoms with Crippen LogP contribution in [0.2, 0.25) is 0 Å². The van der Waals surface area contributed by atoms with Crippen LogP contribution in [-0.4, -0.2) is 40.5 Å². The molecule has 29 heavy (non-hydrogen) atoms. The van der Waals surface area contributed by atoms with Gasteiger partial charge in [0.2, 0.25) is 5.82 Å². The number of nitrogens with one attached hydrogen (secondary N) is 2. The predicted octanol–water partition coefficient (Wildman–Crippen LogP) is 3.11. The minimum absolute atomic E-state index is 0.0391. The van der Waals surface area contributed by atoms with Crippen LogP contribution in [0, 0.1) is 13.8 Å². The molecule has 3 aromatic rings. The smallest absolute Gasteiger partial charge is 0.287 e. The van der Waals surface area contributed by atoms with Crippen LogP contribution in [0.25, 0.3) is 5.52 Å². The number of amides is 2. The molecule has 0 aliphatic carbocycles. The van der Waals surface area contributed by atoms with Crippen molar-refractivity contribution in [3.63, 3.8) is 0 Å². The lowest BCUT2D eigenvalue weighted by Crippen LogP contribution is -2.33. The van der Waals surface area contributed by atoms with E-state index in [1.807, 2.05) is 38.1 Å². The van der Waals surface area contributed by atoms with Crippen molar-refractivity contribution in [1.82, 2.24) is 14.7 Å². The van der Waals surface area contributed by atoms with Crippen LogP contribution in [0.3, 0.4) is 0 Å². The SMILES string of the molecule is Cc1ccc(C)c(NC(=O)c2nc(C(=O)NCC3CCCO3)n3ccccc23)c1. The molecule has 1 unspecified atom stereocenters. The van der Waals surface area contributed by atoms with Gasteiger partial charge in [0.05, 0.1) is 11.6 Å². The Labute approximate surface area is 169 Å². The average Bonchev–Trinajstić information content (AvgIpc) is 3.37. The maximum Gasteiger partial charge on any atom is 0.287 e. The van der Waals surface area contributed by atoms with Crippen molar-refractivity contribution < 1.29 is 14.3 Å². The number of imidazole rings is 1. The summed E-state index contributed by atoms with van der Waals surface area (Å²) >= 11 is 0. The summed E-state index contributed by atoms with van der Waals surface area (Å²) in [6.07, 6.45) is 3.72. The molecule has 150 valence electrons. The second kappa shape index (κ2) is 8.05. The van der Waals surface area contributed by atoms with E-state index in [0.717, 1.165) is 36.3 Å². The third-order valence-corrected chi connectivity index (χ3v) is 5.12. The molecule has 1 atom stereocenters. The third kappa shape index (κ3) is 4.00. The number of fused-ring (bicyclic) bond motifs is 1. The van der Waals surface area contributed by atoms with Crippen LogP contribution in [-0.2, 0) is 4.74 Å². The number of nitrogens with zero attached hydrogens (tertiary/aromatic N) is 2. The molecule has 2 amide bonds. The Morgan fingerprint density at radius 1 is 1.21 bits per heavy atom. The van der Waals surface area contributed by atoms with E-state index in [-0.39, 0.29) is 29.4 Å². The number of carbonyl (C=O) groups is 2. The van der Waals surface area contributed by atoms with Gasteiger partial charge >= 0.3 is 0 Å². The summed E-state index contributed by atoms with van der Waals surface area (Å²) < 4.78 is 7.19. The lowest BCUT2D eigenvalue weighted by Gasteiger charge is -2.10. The molecule has 0 bridgehead atoms. The van der Waals surface area contributed by atoms with E-state index in [1.54, 1.807) is 22.7 Å². The second-order valence-corrected chi connectivity index (χ2v) is 7.36. The zero-order valence-electron chi connectivity index (χ0n) is 16.6. The number of benzene rings is 1. The van der Waals surface area contributed by atoms with Crippen molar-refractivity contribution in [2.45, 2.75) is 32.8 Å². The first kappa shape index (κ1) is 19.1. The van der Waals surface area contributed by atoms with E-state index < -0.39 is 0 Å². The Morgan fingerprint density at radius 3 is 2.86 bits per heavy atom. The summed E-state index contributed by atoms with van der Waals surface area (Å²) in [4.78, 5) is 30.1. The van der Waals surface area contributed by atoms with Crippen molar-refractivity contribution in [2.24, 2.45) is 0 Å². The first-order valence-electron chi connectivity index (χ1n) is 9.78. The van der Waals surface area contributed by atoms with E-state index >= 15 is 0 Å². The molecule has 7 nitrogen and oxygen atoms in total. The number of rotatable bonds is 5. The summed E-state index contributed by atoms with van der Waals surface area (Å²) in [6, 6.07) is 11.3. The molecule has 1 saturated heterocycles. The van der Waals surface area contributed by atoms with Gasteiger partial charge < -0.3 is 15.4 Å². The molecule has 0 radical (unpaired) electrons. The highest BCUT2D eigenvalue weighted by Crippen LogP contribution is 2.20. The minimum Gasteiger partial charge on any atom is -0.376 e. The van der Waals surface area contributed by atoms with Gasteiger partial charge in [-0.25, -0.2) is 4.98 Å². The Bertz CT molecular complexity index is 1070. The standard InChI is InChI=1S/C22H24N4O3/c1-14-8-9-15(2)17(12-14)24-21(27)19-18-7-3-4-10-26(18)20(25-19)22(28)23-13-16-6-5-11-29-16/h3-4,7-10,12,16H,5-6,11,13H2,1-2H3,(H,23,28)(H,24,27). The molecule has 2 N–H and O–H groups in total. The summed E-state index contributed by atoms with van der Waals surface area (Å²) in [7, 11) is 0. The van der Waals surface area contributed by atoms with Gasteiger partial charge in [0.1, 0.15) is 0 Å². The van der Waals surface area contributed by atoms with Crippen molar-refractivity contribution in [2.75, 3.05) is 18.5 Å². The largest absolute Gasteiger partial charge is 0.376 e. The van der Waals surface area contributed by atoms with Crippen molar-refractivity contribution in [3.8, 4) is 0 Å². The first-order chi connectivity index (χ1) is 14.0. The van der Waals surface area contributed by atoms with Crippen molar-refractivity contribution in [1.29, 1.82) is 0 Å². The van der Waals surface area contributed by atoms with Crippen LogP contribution >= 0.6 is 0 Å². The van der Waals surface area contributed by atoms with Gasteiger partial charge in [0.25, 0.3) is 11.8 Å². The average molecular weight is 392 g/mol. The van der Waals surface area contributed by atoms with Crippen LogP contribution in [0.1, 0.15) is 45.1 Å². The highest BCUT2D eigenvalue weighted by molar-refractivity contribution is 6.09. The maximum atomic E-state index is 13.0. The van der Waals surface area contributed by atoms with E-state index in [9.17, 15) is 9.59 Å². The third-order valence-electron chi connectivity index (χ3n) is 5.12. The molecule has 3 heterocycles. The number of carbonyl (C=O) groups excluding carboxylic acids is 2. The van der Waals surface area contributed by atoms with Crippen LogP contribution in [0.4, 0.5) is 5.69 Å². The molecular weight excluding hydrogens is 368 g/mol.